The standard InChI is InChI=1S/C20H23N5OS/c1-4-24(13-17-8-6-5-7-9-17)19(26)14-27-20-21-22-23-25(20)18-11-10-15(2)16(3)12-18/h5-12H,4,13-14H2,1-3H3. The summed E-state index contributed by atoms with van der Waals surface area (Å²) < 4.78 is 1.68. The highest BCUT2D eigenvalue weighted by Crippen LogP contribution is 2.20. The third kappa shape index (κ3) is 4.74. The molecule has 0 saturated heterocycles. The Balaban J connectivity index is 1.67. The van der Waals surface area contributed by atoms with E-state index in [1.54, 1.807) is 4.68 Å². The van der Waals surface area contributed by atoms with Gasteiger partial charge < -0.3 is 4.90 Å². The van der Waals surface area contributed by atoms with Gasteiger partial charge in [0.05, 0.1) is 11.4 Å². The molecule has 0 unspecified atom stereocenters. The molecule has 140 valence electrons. The lowest BCUT2D eigenvalue weighted by molar-refractivity contribution is -0.128. The van der Waals surface area contributed by atoms with Crippen LogP contribution >= 0.6 is 11.8 Å². The molecular formula is C20H23N5OS. The lowest BCUT2D eigenvalue weighted by Gasteiger charge is -2.20. The first kappa shape index (κ1) is 19.1. The van der Waals surface area contributed by atoms with Gasteiger partial charge in [0.25, 0.3) is 0 Å². The number of carbonyl (C=O) groups excluding carboxylic acids is 1. The van der Waals surface area contributed by atoms with E-state index in [1.807, 2.05) is 60.4 Å². The number of thioether (sulfide) groups is 1. The molecule has 0 fully saturated rings. The minimum absolute atomic E-state index is 0.0704. The largest absolute Gasteiger partial charge is 0.338 e. The molecule has 7 heteroatoms. The smallest absolute Gasteiger partial charge is 0.233 e. The molecule has 0 aliphatic rings. The molecule has 1 heterocycles. The second-order valence-corrected chi connectivity index (χ2v) is 7.27. The Morgan fingerprint density at radius 1 is 1.11 bits per heavy atom. The summed E-state index contributed by atoms with van der Waals surface area (Å²) in [5.41, 5.74) is 4.41. The van der Waals surface area contributed by atoms with Crippen molar-refractivity contribution in [3.63, 3.8) is 0 Å². The monoisotopic (exact) mass is 381 g/mol. The molecule has 27 heavy (non-hydrogen) atoms. The molecule has 0 aliphatic heterocycles. The number of amides is 1. The Morgan fingerprint density at radius 3 is 2.59 bits per heavy atom. The second-order valence-electron chi connectivity index (χ2n) is 6.32. The van der Waals surface area contributed by atoms with Gasteiger partial charge in [0.1, 0.15) is 0 Å². The second kappa shape index (κ2) is 8.81. The van der Waals surface area contributed by atoms with Crippen molar-refractivity contribution in [2.24, 2.45) is 0 Å². The number of carbonyl (C=O) groups is 1. The average molecular weight is 382 g/mol. The number of aryl methyl sites for hydroxylation is 2. The number of rotatable bonds is 7. The molecular weight excluding hydrogens is 358 g/mol. The number of benzene rings is 2. The van der Waals surface area contributed by atoms with Crippen LogP contribution in [-0.2, 0) is 11.3 Å². The molecule has 0 bridgehead atoms. The predicted molar refractivity (Wildman–Crippen MR) is 107 cm³/mol. The number of tetrazole rings is 1. The number of aromatic nitrogens is 4. The topological polar surface area (TPSA) is 63.9 Å². The normalized spacial score (nSPS) is 10.8. The Hall–Kier alpha value is -2.67. The molecule has 0 saturated carbocycles. The summed E-state index contributed by atoms with van der Waals surface area (Å²) in [5, 5.41) is 12.5. The molecule has 3 aromatic rings. The van der Waals surface area contributed by atoms with Crippen LogP contribution in [0.4, 0.5) is 0 Å². The predicted octanol–water partition coefficient (Wildman–Crippen LogP) is 3.42. The van der Waals surface area contributed by atoms with Crippen molar-refractivity contribution >= 4 is 17.7 Å². The molecule has 6 nitrogen and oxygen atoms in total. The van der Waals surface area contributed by atoms with Gasteiger partial charge in [-0.2, -0.15) is 4.68 Å². The van der Waals surface area contributed by atoms with Crippen molar-refractivity contribution in [2.45, 2.75) is 32.5 Å². The van der Waals surface area contributed by atoms with Gasteiger partial charge in [0.15, 0.2) is 0 Å². The first-order chi connectivity index (χ1) is 13.1. The highest BCUT2D eigenvalue weighted by atomic mass is 32.2. The SMILES string of the molecule is CCN(Cc1ccccc1)C(=O)CSc1nnnn1-c1ccc(C)c(C)c1. The van der Waals surface area contributed by atoms with Crippen molar-refractivity contribution in [2.75, 3.05) is 12.3 Å². The van der Waals surface area contributed by atoms with E-state index in [1.165, 1.54) is 22.9 Å². The first-order valence-corrected chi connectivity index (χ1v) is 9.87. The Morgan fingerprint density at radius 2 is 1.89 bits per heavy atom. The Bertz CT molecular complexity index is 910. The van der Waals surface area contributed by atoms with Crippen LogP contribution in [0.3, 0.4) is 0 Å². The van der Waals surface area contributed by atoms with E-state index < -0.39 is 0 Å². The van der Waals surface area contributed by atoms with Crippen LogP contribution in [0.1, 0.15) is 23.6 Å². The van der Waals surface area contributed by atoms with Gasteiger partial charge >= 0.3 is 0 Å². The molecule has 0 N–H and O–H groups in total. The van der Waals surface area contributed by atoms with E-state index in [-0.39, 0.29) is 5.91 Å². The summed E-state index contributed by atoms with van der Waals surface area (Å²) in [6, 6.07) is 16.1. The van der Waals surface area contributed by atoms with Crippen LogP contribution in [0.25, 0.3) is 5.69 Å². The van der Waals surface area contributed by atoms with Crippen LogP contribution < -0.4 is 0 Å². The average Bonchev–Trinajstić information content (AvgIpc) is 3.15. The Kier molecular flexibility index (Phi) is 6.24. The van der Waals surface area contributed by atoms with Crippen molar-refractivity contribution in [1.82, 2.24) is 25.1 Å². The molecule has 0 aliphatic carbocycles. The van der Waals surface area contributed by atoms with Gasteiger partial charge in [-0.15, -0.1) is 5.10 Å². The fourth-order valence-electron chi connectivity index (χ4n) is 2.69. The third-order valence-electron chi connectivity index (χ3n) is 4.45. The zero-order chi connectivity index (χ0) is 19.2. The molecule has 0 atom stereocenters. The van der Waals surface area contributed by atoms with Gasteiger partial charge in [-0.1, -0.05) is 48.2 Å². The quantitative estimate of drug-likeness (QED) is 0.587. The summed E-state index contributed by atoms with van der Waals surface area (Å²) in [6.45, 7) is 7.39. The lowest BCUT2D eigenvalue weighted by atomic mass is 10.1. The molecule has 3 rings (SSSR count). The first-order valence-electron chi connectivity index (χ1n) is 8.89. The Labute approximate surface area is 163 Å². The van der Waals surface area contributed by atoms with E-state index in [0.717, 1.165) is 11.3 Å². The van der Waals surface area contributed by atoms with E-state index in [9.17, 15) is 4.79 Å². The summed E-state index contributed by atoms with van der Waals surface area (Å²) in [4.78, 5) is 14.5. The molecule has 1 amide bonds. The van der Waals surface area contributed by atoms with Gasteiger partial charge in [0, 0.05) is 13.1 Å². The van der Waals surface area contributed by atoms with Crippen LogP contribution in [0, 0.1) is 13.8 Å². The van der Waals surface area contributed by atoms with Gasteiger partial charge in [-0.05, 0) is 60.0 Å². The minimum atomic E-state index is 0.0704. The maximum atomic E-state index is 12.6. The minimum Gasteiger partial charge on any atom is -0.338 e. The van der Waals surface area contributed by atoms with E-state index in [2.05, 4.69) is 29.4 Å². The number of hydrogen-bond acceptors (Lipinski definition) is 5. The van der Waals surface area contributed by atoms with Gasteiger partial charge in [0.2, 0.25) is 11.1 Å². The molecule has 1 aromatic heterocycles. The maximum absolute atomic E-state index is 12.6. The zero-order valence-corrected chi connectivity index (χ0v) is 16.6. The van der Waals surface area contributed by atoms with Crippen LogP contribution in [0.15, 0.2) is 53.7 Å². The summed E-state index contributed by atoms with van der Waals surface area (Å²) >= 11 is 1.36. The van der Waals surface area contributed by atoms with Crippen molar-refractivity contribution < 1.29 is 4.79 Å². The van der Waals surface area contributed by atoms with Crippen molar-refractivity contribution in [3.8, 4) is 5.69 Å². The lowest BCUT2D eigenvalue weighted by Crippen LogP contribution is -2.31. The summed E-state index contributed by atoms with van der Waals surface area (Å²) in [7, 11) is 0. The van der Waals surface area contributed by atoms with E-state index >= 15 is 0 Å². The number of hydrogen-bond donors (Lipinski definition) is 0. The van der Waals surface area contributed by atoms with Crippen LogP contribution in [0.2, 0.25) is 0 Å². The molecule has 0 spiro atoms. The van der Waals surface area contributed by atoms with Crippen LogP contribution in [-0.4, -0.2) is 43.3 Å². The van der Waals surface area contributed by atoms with Crippen molar-refractivity contribution in [1.29, 1.82) is 0 Å². The van der Waals surface area contributed by atoms with Gasteiger partial charge in [-0.3, -0.25) is 4.79 Å². The zero-order valence-electron chi connectivity index (χ0n) is 15.8. The highest BCUT2D eigenvalue weighted by Gasteiger charge is 2.16. The molecule has 2 aromatic carbocycles. The molecule has 0 radical (unpaired) electrons. The van der Waals surface area contributed by atoms with Gasteiger partial charge in [-0.25, -0.2) is 0 Å². The van der Waals surface area contributed by atoms with Crippen molar-refractivity contribution in [3.05, 3.63) is 65.2 Å². The highest BCUT2D eigenvalue weighted by molar-refractivity contribution is 7.99. The summed E-state index contributed by atoms with van der Waals surface area (Å²) in [6.07, 6.45) is 0. The van der Waals surface area contributed by atoms with Crippen LogP contribution in [0.5, 0.6) is 0 Å². The fourth-order valence-corrected chi connectivity index (χ4v) is 3.48. The summed E-state index contributed by atoms with van der Waals surface area (Å²) in [5.74, 6) is 0.368. The van der Waals surface area contributed by atoms with E-state index in [4.69, 9.17) is 0 Å². The van der Waals surface area contributed by atoms with E-state index in [0.29, 0.717) is 24.0 Å². The third-order valence-corrected chi connectivity index (χ3v) is 5.36. The number of nitrogens with zero attached hydrogens (tertiary/aromatic N) is 5. The maximum Gasteiger partial charge on any atom is 0.233 e. The fraction of sp³-hybridized carbons (Fsp3) is 0.300.